The van der Waals surface area contributed by atoms with Gasteiger partial charge in [-0.1, -0.05) is 42.5 Å². The third-order valence-corrected chi connectivity index (χ3v) is 3.40. The minimum absolute atomic E-state index is 0.252. The predicted molar refractivity (Wildman–Crippen MR) is 94.8 cm³/mol. The molecule has 0 saturated heterocycles. The highest BCUT2D eigenvalue weighted by Gasteiger charge is 2.02. The van der Waals surface area contributed by atoms with Gasteiger partial charge in [-0.25, -0.2) is 4.39 Å². The number of para-hydroxylation sites is 2. The van der Waals surface area contributed by atoms with E-state index in [1.807, 2.05) is 54.6 Å². The first-order valence-electron chi connectivity index (χ1n) is 7.62. The Hall–Kier alpha value is -3.14. The number of halogens is 1. The van der Waals surface area contributed by atoms with Gasteiger partial charge >= 0.3 is 0 Å². The van der Waals surface area contributed by atoms with Gasteiger partial charge in [-0.2, -0.15) is 5.10 Å². The lowest BCUT2D eigenvalue weighted by molar-refractivity contribution is 0.305. The third-order valence-electron chi connectivity index (χ3n) is 3.40. The monoisotopic (exact) mass is 320 g/mol. The van der Waals surface area contributed by atoms with Crippen molar-refractivity contribution in [1.82, 2.24) is 0 Å². The molecule has 3 aromatic rings. The summed E-state index contributed by atoms with van der Waals surface area (Å²) in [5.41, 5.74) is 5.66. The van der Waals surface area contributed by atoms with Gasteiger partial charge in [0.05, 0.1) is 11.9 Å². The summed E-state index contributed by atoms with van der Waals surface area (Å²) in [6, 6.07) is 23.6. The lowest BCUT2D eigenvalue weighted by Gasteiger charge is -2.09. The Kier molecular flexibility index (Phi) is 5.20. The van der Waals surface area contributed by atoms with Crippen LogP contribution in [0.2, 0.25) is 0 Å². The Morgan fingerprint density at radius 3 is 2.38 bits per heavy atom. The second-order valence-corrected chi connectivity index (χ2v) is 5.19. The minimum atomic E-state index is -0.252. The lowest BCUT2D eigenvalue weighted by atomic mass is 10.2. The molecule has 120 valence electrons. The molecule has 24 heavy (non-hydrogen) atoms. The maximum Gasteiger partial charge on any atom is 0.128 e. The number of rotatable bonds is 6. The van der Waals surface area contributed by atoms with E-state index in [4.69, 9.17) is 4.74 Å². The van der Waals surface area contributed by atoms with Crippen molar-refractivity contribution in [2.75, 3.05) is 5.43 Å². The Balaban J connectivity index is 1.65. The van der Waals surface area contributed by atoms with Crippen molar-refractivity contribution in [1.29, 1.82) is 0 Å². The molecular formula is C20H17FN2O. The molecule has 0 radical (unpaired) electrons. The van der Waals surface area contributed by atoms with Gasteiger partial charge in [0, 0.05) is 5.56 Å². The molecule has 0 unspecified atom stereocenters. The number of hydrazone groups is 1. The molecule has 0 atom stereocenters. The van der Waals surface area contributed by atoms with Crippen LogP contribution in [0.15, 0.2) is 84.0 Å². The molecule has 3 rings (SSSR count). The van der Waals surface area contributed by atoms with Crippen molar-refractivity contribution in [2.45, 2.75) is 6.61 Å². The Bertz CT molecular complexity index is 801. The fourth-order valence-electron chi connectivity index (χ4n) is 2.15. The topological polar surface area (TPSA) is 33.6 Å². The Labute approximate surface area is 140 Å². The predicted octanol–water partition coefficient (Wildman–Crippen LogP) is 4.85. The van der Waals surface area contributed by atoms with Crippen LogP contribution >= 0.6 is 0 Å². The average molecular weight is 320 g/mol. The first-order chi connectivity index (χ1) is 11.8. The van der Waals surface area contributed by atoms with Gasteiger partial charge in [0.2, 0.25) is 0 Å². The summed E-state index contributed by atoms with van der Waals surface area (Å²) in [7, 11) is 0. The molecule has 0 aromatic heterocycles. The van der Waals surface area contributed by atoms with Gasteiger partial charge in [0.1, 0.15) is 18.2 Å². The SMILES string of the molecule is Fc1ccc(COc2ccccc2C=NNc2ccccc2)cc1. The van der Waals surface area contributed by atoms with Crippen molar-refractivity contribution < 1.29 is 9.13 Å². The van der Waals surface area contributed by atoms with E-state index in [0.717, 1.165) is 22.6 Å². The van der Waals surface area contributed by atoms with Crippen LogP contribution in [-0.4, -0.2) is 6.21 Å². The van der Waals surface area contributed by atoms with E-state index in [9.17, 15) is 4.39 Å². The molecule has 0 aliphatic heterocycles. The molecule has 0 spiro atoms. The van der Waals surface area contributed by atoms with E-state index in [-0.39, 0.29) is 5.82 Å². The summed E-state index contributed by atoms with van der Waals surface area (Å²) >= 11 is 0. The number of nitrogens with zero attached hydrogens (tertiary/aromatic N) is 1. The van der Waals surface area contributed by atoms with Crippen molar-refractivity contribution >= 4 is 11.9 Å². The van der Waals surface area contributed by atoms with Crippen molar-refractivity contribution in [3.63, 3.8) is 0 Å². The number of hydrogen-bond acceptors (Lipinski definition) is 3. The molecule has 4 heteroatoms. The van der Waals surface area contributed by atoms with Gasteiger partial charge in [0.25, 0.3) is 0 Å². The first kappa shape index (κ1) is 15.7. The molecule has 0 amide bonds. The highest BCUT2D eigenvalue weighted by molar-refractivity contribution is 5.83. The fourth-order valence-corrected chi connectivity index (χ4v) is 2.15. The van der Waals surface area contributed by atoms with Crippen LogP contribution in [-0.2, 0) is 6.61 Å². The summed E-state index contributed by atoms with van der Waals surface area (Å²) in [6.45, 7) is 0.372. The summed E-state index contributed by atoms with van der Waals surface area (Å²) in [5.74, 6) is 0.471. The summed E-state index contributed by atoms with van der Waals surface area (Å²) < 4.78 is 18.8. The van der Waals surface area contributed by atoms with Crippen LogP contribution in [0.3, 0.4) is 0 Å². The van der Waals surface area contributed by atoms with Gasteiger partial charge in [0.15, 0.2) is 0 Å². The second kappa shape index (κ2) is 7.92. The summed E-state index contributed by atoms with van der Waals surface area (Å²) in [6.07, 6.45) is 1.72. The highest BCUT2D eigenvalue weighted by atomic mass is 19.1. The van der Waals surface area contributed by atoms with Crippen LogP contribution in [0.5, 0.6) is 5.75 Å². The van der Waals surface area contributed by atoms with E-state index >= 15 is 0 Å². The maximum atomic E-state index is 12.9. The van der Waals surface area contributed by atoms with Crippen LogP contribution in [0.4, 0.5) is 10.1 Å². The first-order valence-corrected chi connectivity index (χ1v) is 7.62. The minimum Gasteiger partial charge on any atom is -0.488 e. The number of hydrogen-bond donors (Lipinski definition) is 1. The molecular weight excluding hydrogens is 303 g/mol. The van der Waals surface area contributed by atoms with E-state index in [2.05, 4.69) is 10.5 Å². The van der Waals surface area contributed by atoms with E-state index in [0.29, 0.717) is 6.61 Å². The highest BCUT2D eigenvalue weighted by Crippen LogP contribution is 2.18. The second-order valence-electron chi connectivity index (χ2n) is 5.19. The number of anilines is 1. The van der Waals surface area contributed by atoms with Gasteiger partial charge in [-0.05, 0) is 42.0 Å². The quantitative estimate of drug-likeness (QED) is 0.520. The van der Waals surface area contributed by atoms with E-state index < -0.39 is 0 Å². The fraction of sp³-hybridized carbons (Fsp3) is 0.0500. The van der Waals surface area contributed by atoms with Crippen molar-refractivity contribution in [2.24, 2.45) is 5.10 Å². The van der Waals surface area contributed by atoms with Gasteiger partial charge < -0.3 is 4.74 Å². The molecule has 0 fully saturated rings. The zero-order chi connectivity index (χ0) is 16.6. The Morgan fingerprint density at radius 2 is 1.58 bits per heavy atom. The Morgan fingerprint density at radius 1 is 0.875 bits per heavy atom. The van der Waals surface area contributed by atoms with E-state index in [1.54, 1.807) is 18.3 Å². The molecule has 0 bridgehead atoms. The van der Waals surface area contributed by atoms with Crippen LogP contribution in [0.1, 0.15) is 11.1 Å². The largest absolute Gasteiger partial charge is 0.488 e. The zero-order valence-corrected chi connectivity index (χ0v) is 13.0. The van der Waals surface area contributed by atoms with Crippen LogP contribution in [0, 0.1) is 5.82 Å². The van der Waals surface area contributed by atoms with Gasteiger partial charge in [-0.15, -0.1) is 0 Å². The molecule has 1 N–H and O–H groups in total. The smallest absolute Gasteiger partial charge is 0.128 e. The van der Waals surface area contributed by atoms with Crippen LogP contribution in [0.25, 0.3) is 0 Å². The maximum absolute atomic E-state index is 12.9. The normalized spacial score (nSPS) is 10.7. The molecule has 3 nitrogen and oxygen atoms in total. The molecule has 0 heterocycles. The average Bonchev–Trinajstić information content (AvgIpc) is 2.63. The number of ether oxygens (including phenoxy) is 1. The van der Waals surface area contributed by atoms with Crippen molar-refractivity contribution in [3.05, 3.63) is 95.8 Å². The molecule has 3 aromatic carbocycles. The third kappa shape index (κ3) is 4.43. The zero-order valence-electron chi connectivity index (χ0n) is 13.0. The van der Waals surface area contributed by atoms with Crippen molar-refractivity contribution in [3.8, 4) is 5.75 Å². The summed E-state index contributed by atoms with van der Waals surface area (Å²) in [5, 5.41) is 4.23. The lowest BCUT2D eigenvalue weighted by Crippen LogP contribution is -1.99. The molecule has 0 aliphatic rings. The standard InChI is InChI=1S/C20H17FN2O/c21-18-12-10-16(11-13-18)15-24-20-9-5-4-6-17(20)14-22-23-19-7-2-1-3-8-19/h1-14,23H,15H2. The van der Waals surface area contributed by atoms with Gasteiger partial charge in [-0.3, -0.25) is 5.43 Å². The molecule has 0 aliphatic carbocycles. The number of nitrogens with one attached hydrogen (secondary N) is 1. The number of benzene rings is 3. The van der Waals surface area contributed by atoms with Crippen LogP contribution < -0.4 is 10.2 Å². The molecule has 0 saturated carbocycles. The van der Waals surface area contributed by atoms with E-state index in [1.165, 1.54) is 12.1 Å². The summed E-state index contributed by atoms with van der Waals surface area (Å²) in [4.78, 5) is 0.